The van der Waals surface area contributed by atoms with E-state index in [0.29, 0.717) is 16.4 Å². The second kappa shape index (κ2) is 17.3. The Morgan fingerprint density at radius 1 is 1.03 bits per heavy atom. The van der Waals surface area contributed by atoms with Crippen LogP contribution in [0.15, 0.2) is 46.9 Å². The third-order valence-corrected chi connectivity index (χ3v) is 5.08. The number of aryl methyl sites for hydroxylation is 1. The number of unbranched alkanes of at least 4 members (excludes halogenated alkanes) is 2. The summed E-state index contributed by atoms with van der Waals surface area (Å²) in [5.74, 6) is -0.515. The van der Waals surface area contributed by atoms with Crippen LogP contribution in [0.25, 0.3) is 10.9 Å². The largest absolute Gasteiger partial charge is 0.359 e. The Morgan fingerprint density at radius 2 is 1.61 bits per heavy atom. The summed E-state index contributed by atoms with van der Waals surface area (Å²) in [5, 5.41) is 2.97. The first-order chi connectivity index (χ1) is 15.7. The van der Waals surface area contributed by atoms with Crippen molar-refractivity contribution in [3.8, 4) is 0 Å². The number of nitrogens with one attached hydrogen (secondary N) is 1. The van der Waals surface area contributed by atoms with Crippen molar-refractivity contribution in [3.63, 3.8) is 0 Å². The highest BCUT2D eigenvalue weighted by Crippen LogP contribution is 2.28. The van der Waals surface area contributed by atoms with Gasteiger partial charge >= 0.3 is 0 Å². The molecule has 0 aliphatic carbocycles. The normalized spacial score (nSPS) is 9.64. The maximum atomic E-state index is 14.1. The maximum Gasteiger partial charge on any atom is 0.216 e. The molecular formula is C27H39BrF2N2O. The smallest absolute Gasteiger partial charge is 0.216 e. The van der Waals surface area contributed by atoms with Crippen LogP contribution in [-0.2, 0) is 11.3 Å². The van der Waals surface area contributed by atoms with Crippen molar-refractivity contribution in [3.05, 3.63) is 69.8 Å². The minimum atomic E-state index is -0.261. The molecule has 3 rings (SSSR count). The van der Waals surface area contributed by atoms with Gasteiger partial charge in [-0.25, -0.2) is 8.78 Å². The van der Waals surface area contributed by atoms with Crippen LogP contribution in [0.4, 0.5) is 8.78 Å². The third kappa shape index (κ3) is 11.5. The molecule has 0 radical (unpaired) electrons. The van der Waals surface area contributed by atoms with Crippen molar-refractivity contribution in [2.45, 2.75) is 73.8 Å². The SMILES string of the molecule is CCC.CCCCC.CNC(C)=O.Cc1cc2c(F)c(Br)ccc2n1Cc1cccc(F)c1. The number of rotatable bonds is 4. The zero-order valence-electron chi connectivity index (χ0n) is 21.1. The van der Waals surface area contributed by atoms with E-state index in [1.807, 2.05) is 29.7 Å². The predicted octanol–water partition coefficient (Wildman–Crippen LogP) is 8.40. The van der Waals surface area contributed by atoms with Crippen LogP contribution < -0.4 is 5.32 Å². The van der Waals surface area contributed by atoms with Crippen LogP contribution in [0.5, 0.6) is 0 Å². The molecule has 2 aromatic carbocycles. The molecular weight excluding hydrogens is 486 g/mol. The van der Waals surface area contributed by atoms with Gasteiger partial charge in [0.15, 0.2) is 0 Å². The average molecular weight is 526 g/mol. The fourth-order valence-corrected chi connectivity index (χ4v) is 3.13. The Morgan fingerprint density at radius 3 is 2.06 bits per heavy atom. The Balaban J connectivity index is 0.000000654. The number of amides is 1. The molecule has 0 aliphatic heterocycles. The molecule has 33 heavy (non-hydrogen) atoms. The molecule has 0 bridgehead atoms. The minimum absolute atomic E-state index is 0.00463. The molecule has 0 spiro atoms. The fourth-order valence-electron chi connectivity index (χ4n) is 2.79. The molecule has 6 heteroatoms. The lowest BCUT2D eigenvalue weighted by atomic mass is 10.2. The summed E-state index contributed by atoms with van der Waals surface area (Å²) < 4.78 is 29.8. The second-order valence-corrected chi connectivity index (χ2v) is 8.52. The first kappa shape index (κ1) is 30.8. The second-order valence-electron chi connectivity index (χ2n) is 7.66. The Bertz CT molecular complexity index is 968. The van der Waals surface area contributed by atoms with Crippen molar-refractivity contribution in [2.24, 2.45) is 0 Å². The van der Waals surface area contributed by atoms with Gasteiger partial charge in [0.2, 0.25) is 5.91 Å². The topological polar surface area (TPSA) is 34.0 Å². The number of carbonyl (C=O) groups is 1. The van der Waals surface area contributed by atoms with Crippen molar-refractivity contribution in [2.75, 3.05) is 7.05 Å². The molecule has 1 N–H and O–H groups in total. The molecule has 0 fully saturated rings. The van der Waals surface area contributed by atoms with Gasteiger partial charge in [0, 0.05) is 31.6 Å². The summed E-state index contributed by atoms with van der Waals surface area (Å²) in [6.45, 7) is 12.6. The van der Waals surface area contributed by atoms with Crippen LogP contribution >= 0.6 is 15.9 Å². The molecule has 3 nitrogen and oxygen atoms in total. The van der Waals surface area contributed by atoms with Gasteiger partial charge in [0.05, 0.1) is 9.99 Å². The highest BCUT2D eigenvalue weighted by atomic mass is 79.9. The summed E-state index contributed by atoms with van der Waals surface area (Å²) in [6, 6.07) is 11.8. The van der Waals surface area contributed by atoms with Crippen molar-refractivity contribution in [1.82, 2.24) is 9.88 Å². The standard InChI is InChI=1S/C16H12BrF2N.C5H12.C3H7NO.C3H8/c1-10-7-13-15(6-5-14(17)16(13)19)20(10)9-11-3-2-4-12(18)8-11;1-3-5-4-2;1-3(5)4-2;1-3-2/h2-8H,9H2,1H3;3-5H2,1-2H3;1-2H3,(H,4,5);3H2,1-2H3. The number of aromatic nitrogens is 1. The average Bonchev–Trinajstić information content (AvgIpc) is 3.09. The van der Waals surface area contributed by atoms with E-state index in [0.717, 1.165) is 16.8 Å². The molecule has 1 heterocycles. The maximum absolute atomic E-state index is 14.1. The summed E-state index contributed by atoms with van der Waals surface area (Å²) in [7, 11) is 1.60. The van der Waals surface area contributed by atoms with Crippen LogP contribution in [-0.4, -0.2) is 17.5 Å². The summed E-state index contributed by atoms with van der Waals surface area (Å²) >= 11 is 3.19. The molecule has 0 saturated heterocycles. The van der Waals surface area contributed by atoms with E-state index in [-0.39, 0.29) is 17.5 Å². The van der Waals surface area contributed by atoms with Gasteiger partial charge in [-0.3, -0.25) is 4.79 Å². The number of hydrogen-bond donors (Lipinski definition) is 1. The molecule has 0 atom stereocenters. The van der Waals surface area contributed by atoms with Crippen LogP contribution in [0.3, 0.4) is 0 Å². The van der Waals surface area contributed by atoms with Gasteiger partial charge < -0.3 is 9.88 Å². The molecule has 1 amide bonds. The molecule has 0 saturated carbocycles. The van der Waals surface area contributed by atoms with Gasteiger partial charge in [-0.05, 0) is 58.7 Å². The number of benzene rings is 2. The third-order valence-electron chi connectivity index (χ3n) is 4.47. The summed E-state index contributed by atoms with van der Waals surface area (Å²) in [6.07, 6.45) is 5.33. The van der Waals surface area contributed by atoms with E-state index in [1.54, 1.807) is 19.2 Å². The lowest BCUT2D eigenvalue weighted by molar-refractivity contribution is -0.118. The Labute approximate surface area is 206 Å². The Hall–Kier alpha value is -2.21. The van der Waals surface area contributed by atoms with Gasteiger partial charge in [-0.2, -0.15) is 0 Å². The number of carbonyl (C=O) groups excluding carboxylic acids is 1. The van der Waals surface area contributed by atoms with Gasteiger partial charge in [0.25, 0.3) is 0 Å². The van der Waals surface area contributed by atoms with E-state index >= 15 is 0 Å². The zero-order valence-corrected chi connectivity index (χ0v) is 22.7. The van der Waals surface area contributed by atoms with E-state index in [9.17, 15) is 13.6 Å². The quantitative estimate of drug-likeness (QED) is 0.365. The van der Waals surface area contributed by atoms with Crippen molar-refractivity contribution in [1.29, 1.82) is 0 Å². The molecule has 0 aliphatic rings. The van der Waals surface area contributed by atoms with Gasteiger partial charge in [0.1, 0.15) is 11.6 Å². The van der Waals surface area contributed by atoms with Gasteiger partial charge in [-0.15, -0.1) is 0 Å². The van der Waals surface area contributed by atoms with E-state index < -0.39 is 0 Å². The zero-order chi connectivity index (χ0) is 25.4. The first-order valence-electron chi connectivity index (χ1n) is 11.5. The Kier molecular flexibility index (Phi) is 16.1. The predicted molar refractivity (Wildman–Crippen MR) is 141 cm³/mol. The minimum Gasteiger partial charge on any atom is -0.359 e. The first-order valence-corrected chi connectivity index (χ1v) is 12.3. The van der Waals surface area contributed by atoms with Crippen LogP contribution in [0.2, 0.25) is 0 Å². The number of halogens is 3. The van der Waals surface area contributed by atoms with Crippen molar-refractivity contribution < 1.29 is 13.6 Å². The lowest BCUT2D eigenvalue weighted by Crippen LogP contribution is -2.11. The molecule has 184 valence electrons. The van der Waals surface area contributed by atoms with Crippen LogP contribution in [0.1, 0.15) is 71.6 Å². The monoisotopic (exact) mass is 524 g/mol. The molecule has 1 aromatic heterocycles. The summed E-state index contributed by atoms with van der Waals surface area (Å²) in [4.78, 5) is 9.70. The summed E-state index contributed by atoms with van der Waals surface area (Å²) in [5.41, 5.74) is 2.61. The number of nitrogens with zero attached hydrogens (tertiary/aromatic N) is 1. The fraction of sp³-hybridized carbons (Fsp3) is 0.444. The number of fused-ring (bicyclic) bond motifs is 1. The molecule has 3 aromatic rings. The highest BCUT2D eigenvalue weighted by Gasteiger charge is 2.12. The van der Waals surface area contributed by atoms with Crippen molar-refractivity contribution >= 4 is 32.7 Å². The van der Waals surface area contributed by atoms with Gasteiger partial charge in [-0.1, -0.05) is 65.5 Å². The highest BCUT2D eigenvalue weighted by molar-refractivity contribution is 9.10. The van der Waals surface area contributed by atoms with Crippen LogP contribution in [0, 0.1) is 18.6 Å². The van der Waals surface area contributed by atoms with E-state index in [1.165, 1.54) is 44.7 Å². The number of hydrogen-bond acceptors (Lipinski definition) is 1. The molecule has 0 unspecified atom stereocenters. The lowest BCUT2D eigenvalue weighted by Gasteiger charge is -2.09. The van der Waals surface area contributed by atoms with E-state index in [2.05, 4.69) is 48.9 Å². The van der Waals surface area contributed by atoms with E-state index in [4.69, 9.17) is 0 Å².